The molecule has 0 aliphatic rings. The van der Waals surface area contributed by atoms with Crippen molar-refractivity contribution in [2.24, 2.45) is 0 Å². The van der Waals surface area contributed by atoms with Gasteiger partial charge in [-0.25, -0.2) is 9.59 Å². The summed E-state index contributed by atoms with van der Waals surface area (Å²) in [6.07, 6.45) is 0. The molecule has 0 saturated carbocycles. The van der Waals surface area contributed by atoms with Crippen LogP contribution in [0.15, 0.2) is 24.3 Å². The van der Waals surface area contributed by atoms with Gasteiger partial charge in [-0.05, 0) is 44.7 Å². The van der Waals surface area contributed by atoms with Gasteiger partial charge in [-0.2, -0.15) is 0 Å². The van der Waals surface area contributed by atoms with Crippen molar-refractivity contribution in [3.63, 3.8) is 0 Å². The van der Waals surface area contributed by atoms with Crippen LogP contribution in [0.25, 0.3) is 0 Å². The molecule has 23 heavy (non-hydrogen) atoms. The number of rotatable bonds is 5. The highest BCUT2D eigenvalue weighted by Crippen LogP contribution is 2.23. The second-order valence-corrected chi connectivity index (χ2v) is 6.71. The van der Waals surface area contributed by atoms with E-state index >= 15 is 0 Å². The number of nitrogens with one attached hydrogen (secondary N) is 1. The topological polar surface area (TPSA) is 81.7 Å². The zero-order valence-electron chi connectivity index (χ0n) is 13.7. The number of ether oxygens (including phenoxy) is 2. The van der Waals surface area contributed by atoms with Gasteiger partial charge in [0.15, 0.2) is 0 Å². The molecule has 0 aromatic heterocycles. The Balaban J connectivity index is 2.65. The van der Waals surface area contributed by atoms with Crippen LogP contribution in [-0.2, 0) is 9.53 Å². The first kappa shape index (κ1) is 19.0. The summed E-state index contributed by atoms with van der Waals surface area (Å²) in [6, 6.07) is 6.41. The number of amides is 1. The quantitative estimate of drug-likeness (QED) is 0.656. The van der Waals surface area contributed by atoms with Crippen LogP contribution in [-0.4, -0.2) is 35.1 Å². The molecule has 0 heterocycles. The number of esters is 1. The van der Waals surface area contributed by atoms with E-state index in [1.165, 1.54) is 13.0 Å². The summed E-state index contributed by atoms with van der Waals surface area (Å²) in [5.74, 6) is -0.176. The van der Waals surface area contributed by atoms with Crippen molar-refractivity contribution in [3.05, 3.63) is 29.8 Å². The number of carbonyl (C=O) groups excluding carboxylic acids is 3. The molecule has 0 aliphatic heterocycles. The monoisotopic (exact) mass is 339 g/mol. The van der Waals surface area contributed by atoms with Gasteiger partial charge in [0.25, 0.3) is 0 Å². The van der Waals surface area contributed by atoms with Gasteiger partial charge in [0, 0.05) is 19.2 Å². The average Bonchev–Trinajstić information content (AvgIpc) is 2.42. The van der Waals surface area contributed by atoms with Crippen LogP contribution in [0.3, 0.4) is 0 Å². The van der Waals surface area contributed by atoms with Crippen LogP contribution >= 0.6 is 11.8 Å². The summed E-state index contributed by atoms with van der Waals surface area (Å²) in [5, 5.41) is 2.03. The summed E-state index contributed by atoms with van der Waals surface area (Å²) in [7, 11) is 0. The number of hydrogen-bond acceptors (Lipinski definition) is 6. The molecule has 1 amide bonds. The SMILES string of the molecule is CC(=O)NCCSC(=O)Oc1ccccc1C(=O)OC(C)(C)C. The average molecular weight is 339 g/mol. The van der Waals surface area contributed by atoms with E-state index < -0.39 is 16.9 Å². The minimum atomic E-state index is -0.638. The Morgan fingerprint density at radius 3 is 2.43 bits per heavy atom. The van der Waals surface area contributed by atoms with Crippen molar-refractivity contribution in [1.82, 2.24) is 5.32 Å². The predicted molar refractivity (Wildman–Crippen MR) is 88.8 cm³/mol. The van der Waals surface area contributed by atoms with Crippen molar-refractivity contribution >= 4 is 28.9 Å². The summed E-state index contributed by atoms with van der Waals surface area (Å²) in [6.45, 7) is 7.05. The fraction of sp³-hybridized carbons (Fsp3) is 0.438. The third-order valence-corrected chi connectivity index (χ3v) is 3.12. The van der Waals surface area contributed by atoms with Crippen molar-refractivity contribution in [2.45, 2.75) is 33.3 Å². The van der Waals surface area contributed by atoms with E-state index in [0.29, 0.717) is 12.3 Å². The highest BCUT2D eigenvalue weighted by Gasteiger charge is 2.21. The van der Waals surface area contributed by atoms with Gasteiger partial charge in [0.1, 0.15) is 16.9 Å². The molecule has 0 unspecified atom stereocenters. The van der Waals surface area contributed by atoms with E-state index in [1.54, 1.807) is 39.0 Å². The van der Waals surface area contributed by atoms with Crippen LogP contribution in [0.2, 0.25) is 0 Å². The molecule has 0 aliphatic carbocycles. The van der Waals surface area contributed by atoms with Crippen LogP contribution in [0.4, 0.5) is 4.79 Å². The second-order valence-electron chi connectivity index (χ2n) is 5.68. The van der Waals surface area contributed by atoms with Crippen LogP contribution < -0.4 is 10.1 Å². The Bertz CT molecular complexity index is 580. The maximum atomic E-state index is 12.1. The molecule has 6 nitrogen and oxygen atoms in total. The van der Waals surface area contributed by atoms with E-state index in [1.807, 2.05) is 0 Å². The summed E-state index contributed by atoms with van der Waals surface area (Å²) < 4.78 is 10.5. The Labute approximate surface area is 139 Å². The Morgan fingerprint density at radius 1 is 1.17 bits per heavy atom. The first-order valence-corrected chi connectivity index (χ1v) is 8.09. The molecule has 0 atom stereocenters. The third-order valence-electron chi connectivity index (χ3n) is 2.40. The third kappa shape index (κ3) is 7.69. The van der Waals surface area contributed by atoms with Gasteiger partial charge in [-0.15, -0.1) is 0 Å². The zero-order valence-corrected chi connectivity index (χ0v) is 14.5. The predicted octanol–water partition coefficient (Wildman–Crippen LogP) is 3.01. The summed E-state index contributed by atoms with van der Waals surface area (Å²) >= 11 is 0.919. The van der Waals surface area contributed by atoms with E-state index in [9.17, 15) is 14.4 Å². The normalized spacial score (nSPS) is 10.8. The molecule has 0 saturated heterocycles. The fourth-order valence-corrected chi connectivity index (χ4v) is 2.06. The molecule has 0 radical (unpaired) electrons. The molecule has 0 fully saturated rings. The molecule has 1 rings (SSSR count). The Kier molecular flexibility index (Phi) is 7.09. The first-order valence-electron chi connectivity index (χ1n) is 7.10. The maximum absolute atomic E-state index is 12.1. The first-order chi connectivity index (χ1) is 10.7. The molecule has 126 valence electrons. The molecule has 7 heteroatoms. The van der Waals surface area contributed by atoms with Crippen molar-refractivity contribution < 1.29 is 23.9 Å². The lowest BCUT2D eigenvalue weighted by atomic mass is 10.1. The molecule has 0 bridgehead atoms. The van der Waals surface area contributed by atoms with Gasteiger partial charge in [-0.3, -0.25) is 4.79 Å². The highest BCUT2D eigenvalue weighted by molar-refractivity contribution is 8.13. The molecular weight excluding hydrogens is 318 g/mol. The van der Waals surface area contributed by atoms with Crippen molar-refractivity contribution in [1.29, 1.82) is 0 Å². The molecule has 1 N–H and O–H groups in total. The van der Waals surface area contributed by atoms with Gasteiger partial charge in [-0.1, -0.05) is 12.1 Å². The zero-order chi connectivity index (χ0) is 17.5. The van der Waals surface area contributed by atoms with E-state index in [-0.39, 0.29) is 17.2 Å². The number of para-hydroxylation sites is 1. The number of thioether (sulfide) groups is 1. The summed E-state index contributed by atoms with van der Waals surface area (Å²) in [5.41, 5.74) is -0.445. The van der Waals surface area contributed by atoms with E-state index in [4.69, 9.17) is 9.47 Å². The van der Waals surface area contributed by atoms with Crippen LogP contribution in [0, 0.1) is 0 Å². The lowest BCUT2D eigenvalue weighted by molar-refractivity contribution is -0.118. The summed E-state index contributed by atoms with van der Waals surface area (Å²) in [4.78, 5) is 34.6. The Morgan fingerprint density at radius 2 is 1.83 bits per heavy atom. The molecule has 0 spiro atoms. The van der Waals surface area contributed by atoms with Gasteiger partial charge < -0.3 is 14.8 Å². The van der Waals surface area contributed by atoms with Gasteiger partial charge >= 0.3 is 11.3 Å². The molecule has 1 aromatic rings. The van der Waals surface area contributed by atoms with E-state index in [2.05, 4.69) is 5.32 Å². The minimum absolute atomic E-state index is 0.152. The lowest BCUT2D eigenvalue weighted by Gasteiger charge is -2.20. The highest BCUT2D eigenvalue weighted by atomic mass is 32.2. The van der Waals surface area contributed by atoms with Crippen molar-refractivity contribution in [3.8, 4) is 5.75 Å². The standard InChI is InChI=1S/C16H21NO5S/c1-11(18)17-9-10-23-15(20)21-13-8-6-5-7-12(13)14(19)22-16(2,3)4/h5-8H,9-10H2,1-4H3,(H,17,18). The van der Waals surface area contributed by atoms with Crippen molar-refractivity contribution in [2.75, 3.05) is 12.3 Å². The number of hydrogen-bond donors (Lipinski definition) is 1. The number of benzene rings is 1. The fourth-order valence-electron chi connectivity index (χ4n) is 1.54. The van der Waals surface area contributed by atoms with Gasteiger partial charge in [0.05, 0.1) is 0 Å². The largest absolute Gasteiger partial charge is 0.456 e. The minimum Gasteiger partial charge on any atom is -0.456 e. The van der Waals surface area contributed by atoms with Crippen LogP contribution in [0.1, 0.15) is 38.1 Å². The Hall–Kier alpha value is -2.02. The number of carbonyl (C=O) groups is 3. The lowest BCUT2D eigenvalue weighted by Crippen LogP contribution is -2.24. The molecule has 1 aromatic carbocycles. The van der Waals surface area contributed by atoms with E-state index in [0.717, 1.165) is 11.8 Å². The molecular formula is C16H21NO5S. The van der Waals surface area contributed by atoms with Crippen LogP contribution in [0.5, 0.6) is 5.75 Å². The maximum Gasteiger partial charge on any atom is 0.372 e. The van der Waals surface area contributed by atoms with Gasteiger partial charge in [0.2, 0.25) is 5.91 Å². The second kappa shape index (κ2) is 8.57. The smallest absolute Gasteiger partial charge is 0.372 e.